The number of imidazole rings is 1. The highest BCUT2D eigenvalue weighted by molar-refractivity contribution is 9.10. The maximum atomic E-state index is 12.7. The van der Waals surface area contributed by atoms with E-state index in [0.717, 1.165) is 29.6 Å². The molecule has 2 heterocycles. The number of fused-ring (bicyclic) bond motifs is 1. The van der Waals surface area contributed by atoms with Gasteiger partial charge in [0.25, 0.3) is 0 Å². The first-order valence-electron chi connectivity index (χ1n) is 11.0. The molecule has 0 radical (unpaired) electrons. The predicted molar refractivity (Wildman–Crippen MR) is 146 cm³/mol. The van der Waals surface area contributed by atoms with Crippen LogP contribution in [0, 0.1) is 6.92 Å². The van der Waals surface area contributed by atoms with Gasteiger partial charge < -0.3 is 15.0 Å². The third-order valence-corrected chi connectivity index (χ3v) is 7.16. The van der Waals surface area contributed by atoms with Crippen molar-refractivity contribution in [2.24, 2.45) is 0 Å². The SMILES string of the molecule is CCCCCC(=O)NCC(=O)N(C)c1ccc(Cl)c(COc2cccn3c(Br)c(C)nc23)c1Cl.Cl. The molecule has 0 aliphatic carbocycles. The fourth-order valence-electron chi connectivity index (χ4n) is 3.42. The Hall–Kier alpha value is -2.00. The summed E-state index contributed by atoms with van der Waals surface area (Å²) in [6.07, 6.45) is 5.12. The molecule has 0 saturated carbocycles. The molecular weight excluding hydrogens is 579 g/mol. The molecule has 0 saturated heterocycles. The second kappa shape index (κ2) is 13.3. The summed E-state index contributed by atoms with van der Waals surface area (Å²) < 4.78 is 8.76. The summed E-state index contributed by atoms with van der Waals surface area (Å²) in [7, 11) is 1.61. The van der Waals surface area contributed by atoms with Gasteiger partial charge >= 0.3 is 0 Å². The monoisotopic (exact) mass is 604 g/mol. The number of amides is 2. The molecule has 3 aromatic rings. The van der Waals surface area contributed by atoms with Gasteiger partial charge in [0.15, 0.2) is 11.4 Å². The number of nitrogens with one attached hydrogen (secondary N) is 1. The van der Waals surface area contributed by atoms with Crippen molar-refractivity contribution in [1.29, 1.82) is 0 Å². The lowest BCUT2D eigenvalue weighted by molar-refractivity contribution is -0.124. The minimum Gasteiger partial charge on any atom is -0.485 e. The quantitative estimate of drug-likeness (QED) is 0.272. The first kappa shape index (κ1) is 29.2. The molecule has 1 N–H and O–H groups in total. The number of anilines is 1. The first-order chi connectivity index (χ1) is 16.2. The van der Waals surface area contributed by atoms with Crippen molar-refractivity contribution in [3.63, 3.8) is 0 Å². The van der Waals surface area contributed by atoms with E-state index in [4.69, 9.17) is 27.9 Å². The molecule has 2 aromatic heterocycles. The van der Waals surface area contributed by atoms with Gasteiger partial charge in [-0.15, -0.1) is 12.4 Å². The van der Waals surface area contributed by atoms with Crippen molar-refractivity contribution in [1.82, 2.24) is 14.7 Å². The van der Waals surface area contributed by atoms with Gasteiger partial charge in [-0.25, -0.2) is 4.98 Å². The third kappa shape index (κ3) is 7.03. The Labute approximate surface area is 229 Å². The molecular formula is C24H28BrCl3N4O3. The molecule has 1 aromatic carbocycles. The zero-order chi connectivity index (χ0) is 24.8. The van der Waals surface area contributed by atoms with Gasteiger partial charge in [-0.05, 0) is 53.5 Å². The van der Waals surface area contributed by atoms with Gasteiger partial charge in [0.2, 0.25) is 11.8 Å². The lowest BCUT2D eigenvalue weighted by Gasteiger charge is -2.21. The third-order valence-electron chi connectivity index (χ3n) is 5.43. The maximum absolute atomic E-state index is 12.7. The zero-order valence-electron chi connectivity index (χ0n) is 19.7. The van der Waals surface area contributed by atoms with Crippen LogP contribution in [-0.4, -0.2) is 34.8 Å². The van der Waals surface area contributed by atoms with E-state index in [9.17, 15) is 9.59 Å². The Morgan fingerprint density at radius 1 is 1.23 bits per heavy atom. The summed E-state index contributed by atoms with van der Waals surface area (Å²) >= 11 is 16.6. The Kier molecular flexibility index (Phi) is 11.1. The number of nitrogens with zero attached hydrogens (tertiary/aromatic N) is 3. The van der Waals surface area contributed by atoms with Crippen molar-refractivity contribution in [3.05, 3.63) is 56.4 Å². The Morgan fingerprint density at radius 3 is 2.69 bits per heavy atom. The number of halogens is 4. The maximum Gasteiger partial charge on any atom is 0.246 e. The van der Waals surface area contributed by atoms with Crippen LogP contribution in [0.15, 0.2) is 35.1 Å². The first-order valence-corrected chi connectivity index (χ1v) is 12.6. The van der Waals surface area contributed by atoms with Gasteiger partial charge in [-0.1, -0.05) is 43.0 Å². The number of ether oxygens (including phenoxy) is 1. The van der Waals surface area contributed by atoms with E-state index in [0.29, 0.717) is 39.1 Å². The topological polar surface area (TPSA) is 75.9 Å². The van der Waals surface area contributed by atoms with Gasteiger partial charge in [-0.3, -0.25) is 14.0 Å². The van der Waals surface area contributed by atoms with Crippen LogP contribution < -0.4 is 15.0 Å². The lowest BCUT2D eigenvalue weighted by Crippen LogP contribution is -2.38. The van der Waals surface area contributed by atoms with E-state index in [1.807, 2.05) is 29.7 Å². The molecule has 2 amide bonds. The average Bonchev–Trinajstić information content (AvgIpc) is 3.11. The van der Waals surface area contributed by atoms with E-state index in [-0.39, 0.29) is 37.4 Å². The highest BCUT2D eigenvalue weighted by atomic mass is 79.9. The number of carbonyl (C=O) groups excluding carboxylic acids is 2. The lowest BCUT2D eigenvalue weighted by atomic mass is 10.2. The molecule has 0 aliphatic heterocycles. The van der Waals surface area contributed by atoms with Crippen LogP contribution >= 0.6 is 51.5 Å². The number of likely N-dealkylation sites (N-methyl/N-ethyl adjacent to an activating group) is 1. The minimum atomic E-state index is -0.289. The molecule has 0 spiro atoms. The van der Waals surface area contributed by atoms with Crippen LogP contribution in [0.25, 0.3) is 5.65 Å². The molecule has 0 unspecified atom stereocenters. The van der Waals surface area contributed by atoms with Gasteiger partial charge in [0.1, 0.15) is 11.2 Å². The summed E-state index contributed by atoms with van der Waals surface area (Å²) in [5.41, 5.74) is 2.53. The molecule has 0 atom stereocenters. The van der Waals surface area contributed by atoms with E-state index >= 15 is 0 Å². The Bertz CT molecular complexity index is 1200. The largest absolute Gasteiger partial charge is 0.485 e. The van der Waals surface area contributed by atoms with Gasteiger partial charge in [0, 0.05) is 30.3 Å². The fourth-order valence-corrected chi connectivity index (χ4v) is 4.40. The number of hydrogen-bond donors (Lipinski definition) is 1. The van der Waals surface area contributed by atoms with E-state index in [1.54, 1.807) is 19.2 Å². The molecule has 0 bridgehead atoms. The summed E-state index contributed by atoms with van der Waals surface area (Å²) in [4.78, 5) is 30.5. The number of aromatic nitrogens is 2. The second-order valence-electron chi connectivity index (χ2n) is 7.89. The van der Waals surface area contributed by atoms with Crippen LogP contribution in [0.1, 0.15) is 43.9 Å². The predicted octanol–water partition coefficient (Wildman–Crippen LogP) is 6.37. The normalized spacial score (nSPS) is 10.7. The highest BCUT2D eigenvalue weighted by Gasteiger charge is 2.20. The van der Waals surface area contributed by atoms with E-state index in [1.165, 1.54) is 4.90 Å². The van der Waals surface area contributed by atoms with Crippen molar-refractivity contribution < 1.29 is 14.3 Å². The van der Waals surface area contributed by atoms with Crippen LogP contribution in [0.5, 0.6) is 5.75 Å². The van der Waals surface area contributed by atoms with E-state index in [2.05, 4.69) is 33.2 Å². The molecule has 190 valence electrons. The molecule has 0 aliphatic rings. The van der Waals surface area contributed by atoms with Crippen molar-refractivity contribution >= 4 is 74.7 Å². The number of benzene rings is 1. The van der Waals surface area contributed by atoms with Crippen molar-refractivity contribution in [2.45, 2.75) is 46.1 Å². The van der Waals surface area contributed by atoms with Gasteiger partial charge in [-0.2, -0.15) is 0 Å². The van der Waals surface area contributed by atoms with Crippen molar-refractivity contribution in [2.75, 3.05) is 18.5 Å². The van der Waals surface area contributed by atoms with Crippen LogP contribution in [0.2, 0.25) is 10.0 Å². The summed E-state index contributed by atoms with van der Waals surface area (Å²) in [6.45, 7) is 3.95. The average molecular weight is 607 g/mol. The number of hydrogen-bond acceptors (Lipinski definition) is 4. The Balaban J connectivity index is 0.00000432. The molecule has 3 rings (SSSR count). The number of rotatable bonds is 10. The molecule has 0 fully saturated rings. The van der Waals surface area contributed by atoms with Crippen LogP contribution in [-0.2, 0) is 16.2 Å². The van der Waals surface area contributed by atoms with Crippen LogP contribution in [0.4, 0.5) is 5.69 Å². The smallest absolute Gasteiger partial charge is 0.246 e. The standard InChI is InChI=1S/C24H27BrCl2N4O3.ClH/c1-4-5-6-9-20(32)28-13-21(33)30(3)18-11-10-17(26)16(22(18)27)14-34-19-8-7-12-31-23(25)15(2)29-24(19)31;/h7-8,10-12H,4-6,9,13-14H2,1-3H3,(H,28,32);1H. The molecule has 35 heavy (non-hydrogen) atoms. The van der Waals surface area contributed by atoms with Crippen molar-refractivity contribution in [3.8, 4) is 5.75 Å². The van der Waals surface area contributed by atoms with Crippen LogP contribution in [0.3, 0.4) is 0 Å². The Morgan fingerprint density at radius 2 is 1.97 bits per heavy atom. The number of carbonyl (C=O) groups is 2. The molecule has 11 heteroatoms. The minimum absolute atomic E-state index is 0. The summed E-state index contributed by atoms with van der Waals surface area (Å²) in [5.74, 6) is 0.146. The summed E-state index contributed by atoms with van der Waals surface area (Å²) in [5, 5.41) is 3.40. The van der Waals surface area contributed by atoms with E-state index < -0.39 is 0 Å². The zero-order valence-corrected chi connectivity index (χ0v) is 23.7. The fraction of sp³-hybridized carbons (Fsp3) is 0.375. The number of aryl methyl sites for hydroxylation is 1. The second-order valence-corrected chi connectivity index (χ2v) is 9.42. The number of pyridine rings is 1. The summed E-state index contributed by atoms with van der Waals surface area (Å²) in [6, 6.07) is 7.02. The molecule has 7 nitrogen and oxygen atoms in total. The van der Waals surface area contributed by atoms with Gasteiger partial charge in [0.05, 0.1) is 22.9 Å². The number of unbranched alkanes of at least 4 members (excludes halogenated alkanes) is 2. The highest BCUT2D eigenvalue weighted by Crippen LogP contribution is 2.35.